The van der Waals surface area contributed by atoms with Crippen LogP contribution in [0.3, 0.4) is 0 Å². The highest BCUT2D eigenvalue weighted by Crippen LogP contribution is 2.37. The number of anilines is 2. The van der Waals surface area contributed by atoms with Crippen molar-refractivity contribution in [2.24, 2.45) is 17.6 Å². The van der Waals surface area contributed by atoms with E-state index < -0.39 is 38.4 Å². The van der Waals surface area contributed by atoms with Gasteiger partial charge in [0.15, 0.2) is 0 Å². The molecule has 3 aromatic rings. The average molecular weight is 621 g/mol. The normalized spacial score (nSPS) is 18.0. The first kappa shape index (κ1) is 33.3. The summed E-state index contributed by atoms with van der Waals surface area (Å²) >= 11 is 0. The Bertz CT molecular complexity index is 1430. The molecule has 1 aromatic heterocycles. The third-order valence-electron chi connectivity index (χ3n) is 6.99. The van der Waals surface area contributed by atoms with Crippen LogP contribution in [-0.4, -0.2) is 44.6 Å². The number of nitrogens with two attached hydrogens (primary N) is 1. The maximum Gasteiger partial charge on any atom is 0.416 e. The van der Waals surface area contributed by atoms with Crippen LogP contribution in [-0.2, 0) is 22.4 Å². The van der Waals surface area contributed by atoms with Crippen molar-refractivity contribution in [2.45, 2.75) is 50.4 Å². The fourth-order valence-corrected chi connectivity index (χ4v) is 5.93. The number of hydrogen-bond acceptors (Lipinski definition) is 7. The molecule has 0 radical (unpaired) electrons. The van der Waals surface area contributed by atoms with Crippen LogP contribution in [0, 0.1) is 11.8 Å². The molecule has 0 aliphatic heterocycles. The molecule has 8 nitrogen and oxygen atoms in total. The third-order valence-corrected chi connectivity index (χ3v) is 8.39. The summed E-state index contributed by atoms with van der Waals surface area (Å²) in [5.74, 6) is 1.26. The molecule has 232 valence electrons. The van der Waals surface area contributed by atoms with Crippen molar-refractivity contribution < 1.29 is 34.8 Å². The van der Waals surface area contributed by atoms with Crippen LogP contribution in [0.1, 0.15) is 44.2 Å². The lowest BCUT2D eigenvalue weighted by molar-refractivity contribution is -0.143. The van der Waals surface area contributed by atoms with Gasteiger partial charge in [-0.25, -0.2) is 18.1 Å². The number of fused-ring (bicyclic) bond motifs is 1. The number of nitrogens with zero attached hydrogens (tertiary/aromatic N) is 2. The number of alkyl halides is 6. The first-order valence-electron chi connectivity index (χ1n) is 13.0. The number of para-hydroxylation sites is 1. The van der Waals surface area contributed by atoms with E-state index in [2.05, 4.69) is 25.3 Å². The largest absolute Gasteiger partial charge is 0.416 e. The SMILES string of the molecule is C.NCCNc1nc(NCC2CCC(CNS(=O)(=O)c3cc(C(F)(F)F)cc(C(F)(F)F)c3)CC2)nc2ccccc12. The Balaban J connectivity index is 0.00000484. The van der Waals surface area contributed by atoms with Crippen molar-refractivity contribution in [1.29, 1.82) is 0 Å². The lowest BCUT2D eigenvalue weighted by Gasteiger charge is -2.28. The van der Waals surface area contributed by atoms with Crippen molar-refractivity contribution in [3.63, 3.8) is 0 Å². The van der Waals surface area contributed by atoms with E-state index in [0.717, 1.165) is 23.7 Å². The van der Waals surface area contributed by atoms with E-state index in [0.29, 0.717) is 44.2 Å². The summed E-state index contributed by atoms with van der Waals surface area (Å²) in [6.45, 7) is 1.47. The second-order valence-corrected chi connectivity index (χ2v) is 11.8. The molecule has 0 atom stereocenters. The highest BCUT2D eigenvalue weighted by Gasteiger charge is 2.38. The Kier molecular flexibility index (Phi) is 10.7. The van der Waals surface area contributed by atoms with Crippen molar-refractivity contribution in [3.05, 3.63) is 53.6 Å². The van der Waals surface area contributed by atoms with E-state index in [1.807, 2.05) is 24.3 Å². The van der Waals surface area contributed by atoms with Crippen LogP contribution >= 0.6 is 0 Å². The van der Waals surface area contributed by atoms with Crippen LogP contribution in [0.2, 0.25) is 0 Å². The van der Waals surface area contributed by atoms with Gasteiger partial charge in [-0.05, 0) is 67.9 Å². The maximum absolute atomic E-state index is 13.1. The third kappa shape index (κ3) is 8.44. The van der Waals surface area contributed by atoms with Gasteiger partial charge in [-0.2, -0.15) is 31.3 Å². The number of hydrogen-bond donors (Lipinski definition) is 4. The summed E-state index contributed by atoms with van der Waals surface area (Å²) in [7, 11) is -4.61. The highest BCUT2D eigenvalue weighted by molar-refractivity contribution is 7.89. The number of nitrogens with one attached hydrogen (secondary N) is 3. The molecular weight excluding hydrogens is 586 g/mol. The molecule has 4 rings (SSSR count). The Labute approximate surface area is 240 Å². The molecule has 1 aliphatic rings. The molecule has 5 N–H and O–H groups in total. The van der Waals surface area contributed by atoms with Gasteiger partial charge in [-0.3, -0.25) is 0 Å². The molecule has 1 fully saturated rings. The van der Waals surface area contributed by atoms with Gasteiger partial charge in [-0.1, -0.05) is 19.6 Å². The van der Waals surface area contributed by atoms with Crippen molar-refractivity contribution in [2.75, 3.05) is 36.8 Å². The standard InChI is InChI=1S/C26H30F6N6O2S.CH4/c27-25(28,29)18-11-19(26(30,31)32)13-20(12-18)41(39,40)36-15-17-7-5-16(6-8-17)14-35-24-37-22-4-2-1-3-21(22)23(38-24)34-10-9-33;/h1-4,11-13,16-17,36H,5-10,14-15,33H2,(H2,34,35,37,38);1H4. The summed E-state index contributed by atoms with van der Waals surface area (Å²) in [6, 6.07) is 7.89. The van der Waals surface area contributed by atoms with Gasteiger partial charge in [0, 0.05) is 31.6 Å². The monoisotopic (exact) mass is 620 g/mol. The topological polar surface area (TPSA) is 122 Å². The Morgan fingerprint density at radius 1 is 0.833 bits per heavy atom. The molecule has 42 heavy (non-hydrogen) atoms. The number of aromatic nitrogens is 2. The molecule has 2 aromatic carbocycles. The van der Waals surface area contributed by atoms with E-state index >= 15 is 0 Å². The van der Waals surface area contributed by atoms with Crippen LogP contribution in [0.4, 0.5) is 38.1 Å². The van der Waals surface area contributed by atoms with Gasteiger partial charge >= 0.3 is 12.4 Å². The molecule has 15 heteroatoms. The number of sulfonamides is 1. The first-order valence-corrected chi connectivity index (χ1v) is 14.5. The van der Waals surface area contributed by atoms with Gasteiger partial charge in [-0.15, -0.1) is 0 Å². The van der Waals surface area contributed by atoms with Crippen molar-refractivity contribution >= 4 is 32.7 Å². The number of benzene rings is 2. The first-order chi connectivity index (χ1) is 19.3. The second-order valence-electron chi connectivity index (χ2n) is 9.99. The summed E-state index contributed by atoms with van der Waals surface area (Å²) in [6.07, 6.45) is -7.53. The quantitative estimate of drug-likeness (QED) is 0.209. The lowest BCUT2D eigenvalue weighted by atomic mass is 9.82. The molecule has 0 bridgehead atoms. The average Bonchev–Trinajstić information content (AvgIpc) is 2.93. The van der Waals surface area contributed by atoms with E-state index in [4.69, 9.17) is 5.73 Å². The highest BCUT2D eigenvalue weighted by atomic mass is 32.2. The molecule has 1 saturated carbocycles. The minimum absolute atomic E-state index is 0. The Hall–Kier alpha value is -3.17. The van der Waals surface area contributed by atoms with E-state index in [-0.39, 0.29) is 44.0 Å². The van der Waals surface area contributed by atoms with Crippen LogP contribution in [0.15, 0.2) is 47.4 Å². The number of rotatable bonds is 10. The predicted molar refractivity (Wildman–Crippen MR) is 149 cm³/mol. The van der Waals surface area contributed by atoms with Crippen LogP contribution in [0.25, 0.3) is 10.9 Å². The van der Waals surface area contributed by atoms with Gasteiger partial charge in [0.2, 0.25) is 16.0 Å². The van der Waals surface area contributed by atoms with Gasteiger partial charge < -0.3 is 16.4 Å². The maximum atomic E-state index is 13.1. The van der Waals surface area contributed by atoms with Crippen molar-refractivity contribution in [1.82, 2.24) is 14.7 Å². The minimum atomic E-state index is -5.14. The van der Waals surface area contributed by atoms with E-state index in [9.17, 15) is 34.8 Å². The zero-order chi connectivity index (χ0) is 29.8. The molecule has 0 saturated heterocycles. The zero-order valence-electron chi connectivity index (χ0n) is 21.8. The summed E-state index contributed by atoms with van der Waals surface area (Å²) in [5.41, 5.74) is 3.01. The summed E-state index contributed by atoms with van der Waals surface area (Å²) in [5, 5.41) is 7.33. The van der Waals surface area contributed by atoms with Gasteiger partial charge in [0.25, 0.3) is 0 Å². The fourth-order valence-electron chi connectivity index (χ4n) is 4.75. The van der Waals surface area contributed by atoms with E-state index in [1.54, 1.807) is 0 Å². The molecular formula is C27H34F6N6O2S. The Morgan fingerprint density at radius 3 is 1.98 bits per heavy atom. The molecule has 0 amide bonds. The summed E-state index contributed by atoms with van der Waals surface area (Å²) < 4.78 is 106. The van der Waals surface area contributed by atoms with Crippen LogP contribution < -0.4 is 21.1 Å². The molecule has 1 heterocycles. The fraction of sp³-hybridized carbons (Fsp3) is 0.481. The predicted octanol–water partition coefficient (Wildman–Crippen LogP) is 5.87. The van der Waals surface area contributed by atoms with E-state index in [1.165, 1.54) is 0 Å². The second kappa shape index (κ2) is 13.4. The smallest absolute Gasteiger partial charge is 0.368 e. The number of halogens is 6. The van der Waals surface area contributed by atoms with Crippen LogP contribution in [0.5, 0.6) is 0 Å². The molecule has 1 aliphatic carbocycles. The Morgan fingerprint density at radius 2 is 1.40 bits per heavy atom. The lowest BCUT2D eigenvalue weighted by Crippen LogP contribution is -2.32. The minimum Gasteiger partial charge on any atom is -0.368 e. The summed E-state index contributed by atoms with van der Waals surface area (Å²) in [4.78, 5) is 8.04. The molecule has 0 spiro atoms. The van der Waals surface area contributed by atoms with Crippen molar-refractivity contribution in [3.8, 4) is 0 Å². The zero-order valence-corrected chi connectivity index (χ0v) is 22.6. The van der Waals surface area contributed by atoms with Gasteiger partial charge in [0.1, 0.15) is 5.82 Å². The van der Waals surface area contributed by atoms with Gasteiger partial charge in [0.05, 0.1) is 21.5 Å². The molecule has 0 unspecified atom stereocenters.